The predicted octanol–water partition coefficient (Wildman–Crippen LogP) is 3.96. The lowest BCUT2D eigenvalue weighted by Gasteiger charge is -2.38. The summed E-state index contributed by atoms with van der Waals surface area (Å²) in [5.41, 5.74) is 4.83. The van der Waals surface area contributed by atoms with Crippen molar-refractivity contribution in [2.24, 2.45) is 52.1 Å². The second-order valence-corrected chi connectivity index (χ2v) is 13.8. The van der Waals surface area contributed by atoms with Crippen molar-refractivity contribution in [2.45, 2.75) is 99.5 Å². The van der Waals surface area contributed by atoms with Gasteiger partial charge in [0.15, 0.2) is 5.78 Å². The van der Waals surface area contributed by atoms with E-state index in [0.29, 0.717) is 25.3 Å². The van der Waals surface area contributed by atoms with Crippen molar-refractivity contribution in [3.05, 3.63) is 0 Å². The van der Waals surface area contributed by atoms with E-state index in [2.05, 4.69) is 13.8 Å². The number of fused-ring (bicyclic) bond motifs is 1. The molecule has 0 aromatic rings. The van der Waals surface area contributed by atoms with Gasteiger partial charge in [-0.25, -0.2) is 0 Å². The molecular weight excluding hydrogens is 456 g/mol. The first-order chi connectivity index (χ1) is 16.6. The number of amides is 2. The van der Waals surface area contributed by atoms with Crippen molar-refractivity contribution in [1.82, 2.24) is 4.90 Å². The molecule has 0 radical (unpaired) electrons. The summed E-state index contributed by atoms with van der Waals surface area (Å²) in [4.78, 5) is 66.5. The molecule has 7 heteroatoms. The average Bonchev–Trinajstić information content (AvgIpc) is 3.06. The zero-order valence-corrected chi connectivity index (χ0v) is 23.3. The maximum atomic E-state index is 13.9. The molecule has 1 heterocycles. The molecule has 0 spiro atoms. The van der Waals surface area contributed by atoms with Crippen LogP contribution in [-0.4, -0.2) is 46.7 Å². The van der Waals surface area contributed by atoms with E-state index in [9.17, 15) is 24.0 Å². The molecule has 0 unspecified atom stereocenters. The largest absolute Gasteiger partial charge is 0.363 e. The molecule has 2 N–H and O–H groups in total. The number of hydrogen-bond acceptors (Lipinski definition) is 5. The minimum absolute atomic E-state index is 0.0361. The molecule has 2 saturated carbocycles. The highest BCUT2D eigenvalue weighted by molar-refractivity contribution is 6.36. The van der Waals surface area contributed by atoms with Crippen LogP contribution in [0.2, 0.25) is 0 Å². The van der Waals surface area contributed by atoms with Crippen LogP contribution in [0.4, 0.5) is 0 Å². The minimum Gasteiger partial charge on any atom is -0.363 e. The van der Waals surface area contributed by atoms with Gasteiger partial charge in [-0.2, -0.15) is 0 Å². The van der Waals surface area contributed by atoms with Gasteiger partial charge in [0, 0.05) is 37.6 Å². The lowest BCUT2D eigenvalue weighted by Crippen LogP contribution is -2.51. The third kappa shape index (κ3) is 5.91. The topological polar surface area (TPSA) is 115 Å². The average molecular weight is 503 g/mol. The van der Waals surface area contributed by atoms with E-state index in [1.165, 1.54) is 0 Å². The van der Waals surface area contributed by atoms with E-state index in [-0.39, 0.29) is 53.5 Å². The number of hydrogen-bond donors (Lipinski definition) is 1. The molecule has 0 bridgehead atoms. The van der Waals surface area contributed by atoms with Crippen molar-refractivity contribution < 1.29 is 24.0 Å². The Balaban J connectivity index is 1.83. The molecule has 5 atom stereocenters. The highest BCUT2D eigenvalue weighted by Crippen LogP contribution is 2.65. The molecule has 36 heavy (non-hydrogen) atoms. The van der Waals surface area contributed by atoms with Crippen molar-refractivity contribution in [3.8, 4) is 0 Å². The summed E-state index contributed by atoms with van der Waals surface area (Å²) in [5, 5.41) is 0. The summed E-state index contributed by atoms with van der Waals surface area (Å²) in [5.74, 6) is -2.31. The quantitative estimate of drug-likeness (QED) is 0.406. The normalized spacial score (nSPS) is 26.7. The second-order valence-electron chi connectivity index (χ2n) is 13.8. The van der Waals surface area contributed by atoms with Crippen LogP contribution in [0.5, 0.6) is 0 Å². The van der Waals surface area contributed by atoms with Gasteiger partial charge in [-0.3, -0.25) is 24.0 Å². The Hall–Kier alpha value is -2.05. The van der Waals surface area contributed by atoms with Crippen LogP contribution >= 0.6 is 0 Å². The van der Waals surface area contributed by atoms with Crippen LogP contribution < -0.4 is 5.73 Å². The lowest BCUT2D eigenvalue weighted by molar-refractivity contribution is -0.148. The predicted molar refractivity (Wildman–Crippen MR) is 138 cm³/mol. The molecule has 2 amide bonds. The summed E-state index contributed by atoms with van der Waals surface area (Å²) in [6, 6.07) is -0.618. The Kier molecular flexibility index (Phi) is 8.22. The Morgan fingerprint density at radius 3 is 2.08 bits per heavy atom. The van der Waals surface area contributed by atoms with Gasteiger partial charge in [-0.05, 0) is 40.9 Å². The van der Waals surface area contributed by atoms with Crippen LogP contribution in [0.3, 0.4) is 0 Å². The van der Waals surface area contributed by atoms with Crippen molar-refractivity contribution in [1.29, 1.82) is 0 Å². The van der Waals surface area contributed by atoms with Crippen molar-refractivity contribution in [3.63, 3.8) is 0 Å². The number of likely N-dealkylation sites (tertiary alicyclic amines) is 1. The summed E-state index contributed by atoms with van der Waals surface area (Å²) in [7, 11) is 0. The van der Waals surface area contributed by atoms with Crippen LogP contribution in [0.15, 0.2) is 0 Å². The van der Waals surface area contributed by atoms with Gasteiger partial charge in [-0.15, -0.1) is 0 Å². The molecule has 1 saturated heterocycles. The maximum Gasteiger partial charge on any atom is 0.285 e. The van der Waals surface area contributed by atoms with Crippen LogP contribution in [0.25, 0.3) is 0 Å². The molecule has 202 valence electrons. The van der Waals surface area contributed by atoms with Gasteiger partial charge in [0.05, 0.1) is 6.04 Å². The highest BCUT2D eigenvalue weighted by atomic mass is 16.2. The number of rotatable bonds is 12. The first kappa shape index (κ1) is 28.5. The van der Waals surface area contributed by atoms with E-state index in [4.69, 9.17) is 5.73 Å². The standard InChI is InChI=1S/C29H46N2O5/c1-16(2)11-19(32)14-20(28(3,4)5)27(36)31-15-21-23(29(21,6)7)24(31)22(33)13-18(25(34)26(30)35)12-17-9-8-10-17/h16-18,20-21,23-24H,8-15H2,1-7H3,(H2,30,35)/t18-,20+,21-,23-,24+/m0/s1. The SMILES string of the molecule is CC(C)CC(=O)C[C@H](C(=O)N1C[C@H]2[C@@H]([C@H]1C(=O)C[C@H](CC1CCC1)C(=O)C(N)=O)C2(C)C)C(C)(C)C. The number of ketones is 3. The summed E-state index contributed by atoms with van der Waals surface area (Å²) < 4.78 is 0. The second kappa shape index (κ2) is 10.4. The van der Waals surface area contributed by atoms with E-state index in [1.807, 2.05) is 34.6 Å². The highest BCUT2D eigenvalue weighted by Gasteiger charge is 2.69. The molecule has 7 nitrogen and oxygen atoms in total. The smallest absolute Gasteiger partial charge is 0.285 e. The van der Waals surface area contributed by atoms with Gasteiger partial charge in [0.2, 0.25) is 11.7 Å². The minimum atomic E-state index is -0.993. The van der Waals surface area contributed by atoms with Crippen LogP contribution in [0.1, 0.15) is 93.4 Å². The van der Waals surface area contributed by atoms with Crippen LogP contribution in [0, 0.1) is 46.3 Å². The monoisotopic (exact) mass is 502 g/mol. The first-order valence-corrected chi connectivity index (χ1v) is 13.7. The zero-order valence-electron chi connectivity index (χ0n) is 23.3. The maximum absolute atomic E-state index is 13.9. The molecule has 3 fully saturated rings. The molecular formula is C29H46N2O5. The number of nitrogens with zero attached hydrogens (tertiary/aromatic N) is 1. The Bertz CT molecular complexity index is 911. The number of piperidine rings is 1. The summed E-state index contributed by atoms with van der Waals surface area (Å²) in [6.07, 6.45) is 4.14. The van der Waals surface area contributed by atoms with Gasteiger partial charge in [0.25, 0.3) is 5.91 Å². The molecule has 0 aromatic carbocycles. The molecule has 1 aliphatic heterocycles. The first-order valence-electron chi connectivity index (χ1n) is 13.7. The molecule has 2 aliphatic carbocycles. The van der Waals surface area contributed by atoms with E-state index in [0.717, 1.165) is 19.3 Å². The number of nitrogens with two attached hydrogens (primary N) is 1. The molecule has 3 rings (SSSR count). The fourth-order valence-corrected chi connectivity index (χ4v) is 6.59. The fraction of sp³-hybridized carbons (Fsp3) is 0.828. The molecule has 0 aromatic heterocycles. The van der Waals surface area contributed by atoms with E-state index < -0.39 is 35.0 Å². The lowest BCUT2D eigenvalue weighted by atomic mass is 9.75. The number of Topliss-reactive ketones (excluding diaryl/α,β-unsaturated/α-hetero) is 3. The van der Waals surface area contributed by atoms with E-state index >= 15 is 0 Å². The summed E-state index contributed by atoms with van der Waals surface area (Å²) in [6.45, 7) is 14.6. The van der Waals surface area contributed by atoms with Gasteiger partial charge < -0.3 is 10.6 Å². The third-order valence-electron chi connectivity index (χ3n) is 9.14. The van der Waals surface area contributed by atoms with Gasteiger partial charge >= 0.3 is 0 Å². The number of primary amides is 1. The fourth-order valence-electron chi connectivity index (χ4n) is 6.59. The summed E-state index contributed by atoms with van der Waals surface area (Å²) >= 11 is 0. The number of carbonyl (C=O) groups is 5. The Morgan fingerprint density at radius 1 is 1.00 bits per heavy atom. The van der Waals surface area contributed by atoms with E-state index in [1.54, 1.807) is 4.90 Å². The van der Waals surface area contributed by atoms with Gasteiger partial charge in [0.1, 0.15) is 5.78 Å². The Labute approximate surface area is 216 Å². The van der Waals surface area contributed by atoms with Crippen LogP contribution in [-0.2, 0) is 24.0 Å². The number of carbonyl (C=O) groups excluding carboxylic acids is 5. The zero-order chi connectivity index (χ0) is 27.2. The van der Waals surface area contributed by atoms with Crippen molar-refractivity contribution >= 4 is 29.2 Å². The van der Waals surface area contributed by atoms with Crippen molar-refractivity contribution in [2.75, 3.05) is 6.54 Å². The molecule has 3 aliphatic rings. The Morgan fingerprint density at radius 2 is 1.61 bits per heavy atom. The van der Waals surface area contributed by atoms with Gasteiger partial charge in [-0.1, -0.05) is 67.7 Å². The third-order valence-corrected chi connectivity index (χ3v) is 9.14.